The monoisotopic (exact) mass is 287 g/mol. The molecule has 0 radical (unpaired) electrons. The first kappa shape index (κ1) is 12.7. The molecule has 0 aliphatic carbocycles. The van der Waals surface area contributed by atoms with E-state index in [-0.39, 0.29) is 0 Å². The van der Waals surface area contributed by atoms with Crippen molar-refractivity contribution in [2.24, 2.45) is 0 Å². The number of benzene rings is 1. The van der Waals surface area contributed by atoms with Crippen LogP contribution in [0.2, 0.25) is 0 Å². The highest BCUT2D eigenvalue weighted by Gasteiger charge is 2.09. The quantitative estimate of drug-likeness (QED) is 0.800. The van der Waals surface area contributed by atoms with E-state index < -0.39 is 0 Å². The predicted octanol–water partition coefficient (Wildman–Crippen LogP) is 3.21. The molecule has 102 valence electrons. The molecule has 2 heterocycles. The van der Waals surface area contributed by atoms with Gasteiger partial charge in [-0.15, -0.1) is 11.3 Å². The van der Waals surface area contributed by atoms with Crippen LogP contribution in [0.15, 0.2) is 24.5 Å². The summed E-state index contributed by atoms with van der Waals surface area (Å²) in [5.41, 5.74) is 0.895. The van der Waals surface area contributed by atoms with Crippen LogP contribution in [0.25, 0.3) is 22.4 Å². The van der Waals surface area contributed by atoms with E-state index in [9.17, 15) is 0 Å². The number of rotatable bonds is 4. The first-order valence-electron chi connectivity index (χ1n) is 6.00. The summed E-state index contributed by atoms with van der Waals surface area (Å²) in [4.78, 5) is 11.7. The Morgan fingerprint density at radius 1 is 1.15 bits per heavy atom. The van der Waals surface area contributed by atoms with Crippen molar-refractivity contribution in [3.63, 3.8) is 0 Å². The van der Waals surface area contributed by atoms with Crippen molar-refractivity contribution in [1.29, 1.82) is 0 Å². The summed E-state index contributed by atoms with van der Waals surface area (Å²) in [6, 6.07) is 3.82. The molecule has 3 aromatic rings. The Labute approximate surface area is 119 Å². The van der Waals surface area contributed by atoms with Crippen LogP contribution in [0.4, 0.5) is 0 Å². The number of ether oxygens (including phenoxy) is 2. The molecule has 0 aliphatic heterocycles. The fourth-order valence-corrected chi connectivity index (χ4v) is 2.74. The number of nitrogens with zero attached hydrogens (tertiary/aromatic N) is 2. The van der Waals surface area contributed by atoms with Crippen LogP contribution in [0.5, 0.6) is 11.5 Å². The highest BCUT2D eigenvalue weighted by Crippen LogP contribution is 2.34. The summed E-state index contributed by atoms with van der Waals surface area (Å²) >= 11 is 1.59. The lowest BCUT2D eigenvalue weighted by molar-refractivity contribution is 0.356. The number of aromatic nitrogens is 3. The molecule has 0 saturated heterocycles. The molecule has 0 saturated carbocycles. The molecule has 3 rings (SSSR count). The number of thiazole rings is 1. The van der Waals surface area contributed by atoms with Crippen LogP contribution < -0.4 is 9.47 Å². The molecule has 0 unspecified atom stereocenters. The van der Waals surface area contributed by atoms with E-state index in [0.29, 0.717) is 11.5 Å². The zero-order chi connectivity index (χ0) is 13.9. The van der Waals surface area contributed by atoms with E-state index in [1.807, 2.05) is 24.3 Å². The van der Waals surface area contributed by atoms with Crippen LogP contribution in [-0.4, -0.2) is 29.2 Å². The lowest BCUT2D eigenvalue weighted by atomic mass is 10.3. The van der Waals surface area contributed by atoms with E-state index in [1.165, 1.54) is 0 Å². The molecule has 0 bridgehead atoms. The molecule has 0 amide bonds. The second-order valence-corrected chi connectivity index (χ2v) is 5.10. The van der Waals surface area contributed by atoms with Gasteiger partial charge in [-0.05, 0) is 12.2 Å². The summed E-state index contributed by atoms with van der Waals surface area (Å²) < 4.78 is 11.6. The third-order valence-corrected chi connectivity index (χ3v) is 3.80. The number of hydrogen-bond donors (Lipinski definition) is 1. The molecule has 20 heavy (non-hydrogen) atoms. The van der Waals surface area contributed by atoms with Gasteiger partial charge >= 0.3 is 0 Å². The first-order valence-corrected chi connectivity index (χ1v) is 6.82. The van der Waals surface area contributed by atoms with Gasteiger partial charge in [0.05, 0.1) is 24.4 Å². The van der Waals surface area contributed by atoms with Gasteiger partial charge in [-0.3, -0.25) is 0 Å². The highest BCUT2D eigenvalue weighted by atomic mass is 32.1. The minimum absolute atomic E-state index is 0.687. The number of hydrogen-bond acceptors (Lipinski definition) is 5. The summed E-state index contributed by atoms with van der Waals surface area (Å²) in [6.07, 6.45) is 7.33. The van der Waals surface area contributed by atoms with Crippen molar-refractivity contribution in [2.75, 3.05) is 14.2 Å². The van der Waals surface area contributed by atoms with Crippen LogP contribution >= 0.6 is 11.3 Å². The van der Waals surface area contributed by atoms with Gasteiger partial charge in [0.15, 0.2) is 11.5 Å². The fourth-order valence-electron chi connectivity index (χ4n) is 1.86. The average molecular weight is 287 g/mol. The van der Waals surface area contributed by atoms with Gasteiger partial charge in [0.1, 0.15) is 10.8 Å². The van der Waals surface area contributed by atoms with Crippen molar-refractivity contribution in [2.45, 2.75) is 0 Å². The van der Waals surface area contributed by atoms with Gasteiger partial charge in [-0.2, -0.15) is 0 Å². The summed E-state index contributed by atoms with van der Waals surface area (Å²) in [5.74, 6) is 2.21. The van der Waals surface area contributed by atoms with Crippen LogP contribution in [0, 0.1) is 0 Å². The second kappa shape index (κ2) is 5.34. The Balaban J connectivity index is 1.98. The summed E-state index contributed by atoms with van der Waals surface area (Å²) in [6.45, 7) is 0. The van der Waals surface area contributed by atoms with Gasteiger partial charge in [0.25, 0.3) is 0 Å². The Bertz CT molecular complexity index is 706. The molecule has 6 heteroatoms. The smallest absolute Gasteiger partial charge is 0.162 e. The third-order valence-electron chi connectivity index (χ3n) is 2.81. The van der Waals surface area contributed by atoms with Crippen LogP contribution in [0.3, 0.4) is 0 Å². The standard InChI is InChI=1S/C14H13N3O2S/c1-18-10-7-9-12(8-11(10)19-2)20-14(17-9)4-3-13-15-5-6-16-13/h3-8H,1-2H3,(H,15,16)/b4-3+. The number of imidazole rings is 1. The van der Waals surface area contributed by atoms with E-state index in [1.54, 1.807) is 38.0 Å². The summed E-state index contributed by atoms with van der Waals surface area (Å²) in [7, 11) is 3.25. The molecule has 0 spiro atoms. The molecular weight excluding hydrogens is 274 g/mol. The minimum Gasteiger partial charge on any atom is -0.493 e. The Kier molecular flexibility index (Phi) is 3.39. The van der Waals surface area contributed by atoms with E-state index in [0.717, 1.165) is 21.0 Å². The van der Waals surface area contributed by atoms with Crippen LogP contribution in [0.1, 0.15) is 10.8 Å². The van der Waals surface area contributed by atoms with Crippen molar-refractivity contribution in [3.05, 3.63) is 35.4 Å². The molecule has 0 atom stereocenters. The maximum atomic E-state index is 5.29. The average Bonchev–Trinajstić information content (AvgIpc) is 3.11. The number of fused-ring (bicyclic) bond motifs is 1. The summed E-state index contributed by atoms with van der Waals surface area (Å²) in [5, 5.41) is 0.909. The largest absolute Gasteiger partial charge is 0.493 e. The van der Waals surface area contributed by atoms with Gasteiger partial charge in [0.2, 0.25) is 0 Å². The highest BCUT2D eigenvalue weighted by molar-refractivity contribution is 7.19. The van der Waals surface area contributed by atoms with Gasteiger partial charge in [-0.1, -0.05) is 0 Å². The maximum Gasteiger partial charge on any atom is 0.162 e. The maximum absolute atomic E-state index is 5.29. The Morgan fingerprint density at radius 2 is 1.95 bits per heavy atom. The first-order chi connectivity index (χ1) is 9.80. The second-order valence-electron chi connectivity index (χ2n) is 4.03. The van der Waals surface area contributed by atoms with E-state index >= 15 is 0 Å². The number of methoxy groups -OCH3 is 2. The minimum atomic E-state index is 0.687. The number of nitrogens with one attached hydrogen (secondary N) is 1. The lowest BCUT2D eigenvalue weighted by Gasteiger charge is -2.05. The van der Waals surface area contributed by atoms with Gasteiger partial charge in [0, 0.05) is 24.5 Å². The van der Waals surface area contributed by atoms with E-state index in [2.05, 4.69) is 15.0 Å². The fraction of sp³-hybridized carbons (Fsp3) is 0.143. The molecule has 0 fully saturated rings. The number of aromatic amines is 1. The van der Waals surface area contributed by atoms with Gasteiger partial charge < -0.3 is 14.5 Å². The molecule has 1 aromatic carbocycles. The lowest BCUT2D eigenvalue weighted by Crippen LogP contribution is -1.89. The van der Waals surface area contributed by atoms with Crippen molar-refractivity contribution >= 4 is 33.7 Å². The van der Waals surface area contributed by atoms with Crippen molar-refractivity contribution < 1.29 is 9.47 Å². The third kappa shape index (κ3) is 2.37. The normalized spacial score (nSPS) is 11.3. The van der Waals surface area contributed by atoms with E-state index in [4.69, 9.17) is 9.47 Å². The topological polar surface area (TPSA) is 60.0 Å². The van der Waals surface area contributed by atoms with Crippen molar-refractivity contribution in [3.8, 4) is 11.5 Å². The SMILES string of the molecule is COc1cc2nc(/C=C/c3ncc[nH]3)sc2cc1OC. The van der Waals surface area contributed by atoms with Crippen molar-refractivity contribution in [1.82, 2.24) is 15.0 Å². The van der Waals surface area contributed by atoms with Crippen LogP contribution in [-0.2, 0) is 0 Å². The number of H-pyrrole nitrogens is 1. The molecular formula is C14H13N3O2S. The molecule has 0 aliphatic rings. The molecule has 1 N–H and O–H groups in total. The zero-order valence-corrected chi connectivity index (χ0v) is 11.9. The predicted molar refractivity (Wildman–Crippen MR) is 80.2 cm³/mol. The molecule has 2 aromatic heterocycles. The molecule has 5 nitrogen and oxygen atoms in total. The van der Waals surface area contributed by atoms with Gasteiger partial charge in [-0.25, -0.2) is 9.97 Å². The Hall–Kier alpha value is -2.34. The zero-order valence-electron chi connectivity index (χ0n) is 11.1. The Morgan fingerprint density at radius 3 is 2.65 bits per heavy atom.